The van der Waals surface area contributed by atoms with Crippen molar-refractivity contribution >= 4 is 5.96 Å². The summed E-state index contributed by atoms with van der Waals surface area (Å²) in [7, 11) is 0. The van der Waals surface area contributed by atoms with Crippen molar-refractivity contribution in [3.8, 4) is 0 Å². The number of aromatic amines is 1. The third-order valence-corrected chi connectivity index (χ3v) is 2.66. The van der Waals surface area contributed by atoms with E-state index in [9.17, 15) is 0 Å². The van der Waals surface area contributed by atoms with Crippen LogP contribution in [0.25, 0.3) is 0 Å². The lowest BCUT2D eigenvalue weighted by atomic mass is 10.2. The van der Waals surface area contributed by atoms with Gasteiger partial charge in [0.25, 0.3) is 0 Å². The first-order chi connectivity index (χ1) is 8.38. The van der Waals surface area contributed by atoms with Crippen LogP contribution < -0.4 is 10.6 Å². The second-order valence-electron chi connectivity index (χ2n) is 4.06. The quantitative estimate of drug-likeness (QED) is 0.416. The Morgan fingerprint density at radius 3 is 3.00 bits per heavy atom. The summed E-state index contributed by atoms with van der Waals surface area (Å²) in [6, 6.07) is 2.42. The van der Waals surface area contributed by atoms with Crippen molar-refractivity contribution in [1.29, 1.82) is 0 Å². The molecule has 1 aliphatic rings. The van der Waals surface area contributed by atoms with Gasteiger partial charge in [0.1, 0.15) is 0 Å². The molecule has 0 aliphatic heterocycles. The predicted molar refractivity (Wildman–Crippen MR) is 68.7 cm³/mol. The highest BCUT2D eigenvalue weighted by Crippen LogP contribution is 2.08. The smallest absolute Gasteiger partial charge is 0.191 e. The van der Waals surface area contributed by atoms with Crippen LogP contribution in [0.4, 0.5) is 0 Å². The maximum Gasteiger partial charge on any atom is 0.191 e. The average Bonchev–Trinajstić information content (AvgIpc) is 2.99. The van der Waals surface area contributed by atoms with Crippen molar-refractivity contribution in [2.24, 2.45) is 4.99 Å². The third kappa shape index (κ3) is 3.62. The third-order valence-electron chi connectivity index (χ3n) is 2.66. The molecule has 1 aromatic rings. The largest absolute Gasteiger partial charge is 0.357 e. The van der Waals surface area contributed by atoms with E-state index in [1.165, 1.54) is 0 Å². The van der Waals surface area contributed by atoms with Gasteiger partial charge < -0.3 is 10.6 Å². The molecule has 0 saturated heterocycles. The van der Waals surface area contributed by atoms with Gasteiger partial charge in [0.2, 0.25) is 0 Å². The van der Waals surface area contributed by atoms with Gasteiger partial charge in [-0.15, -0.1) is 0 Å². The van der Waals surface area contributed by atoms with Crippen molar-refractivity contribution in [2.45, 2.75) is 32.4 Å². The Morgan fingerprint density at radius 1 is 1.53 bits per heavy atom. The lowest BCUT2D eigenvalue weighted by Crippen LogP contribution is -2.42. The van der Waals surface area contributed by atoms with Crippen LogP contribution in [0.15, 0.2) is 29.4 Å². The fourth-order valence-electron chi connectivity index (χ4n) is 1.79. The van der Waals surface area contributed by atoms with Crippen LogP contribution in [0.2, 0.25) is 0 Å². The fourth-order valence-corrected chi connectivity index (χ4v) is 1.79. The Bertz CT molecular complexity index is 372. The molecular weight excluding hydrogens is 214 g/mol. The number of H-pyrrole nitrogens is 1. The van der Waals surface area contributed by atoms with Crippen LogP contribution in [0.5, 0.6) is 0 Å². The molecule has 0 bridgehead atoms. The maximum absolute atomic E-state index is 4.51. The minimum atomic E-state index is 0.481. The van der Waals surface area contributed by atoms with Crippen molar-refractivity contribution < 1.29 is 0 Å². The van der Waals surface area contributed by atoms with E-state index < -0.39 is 0 Å². The van der Waals surface area contributed by atoms with Gasteiger partial charge in [-0.2, -0.15) is 5.10 Å². The van der Waals surface area contributed by atoms with Crippen LogP contribution in [0.1, 0.15) is 25.5 Å². The molecule has 1 aromatic heterocycles. The number of nitrogens with one attached hydrogen (secondary N) is 3. The average molecular weight is 233 g/mol. The molecule has 0 radical (unpaired) electrons. The van der Waals surface area contributed by atoms with Crippen molar-refractivity contribution in [3.63, 3.8) is 0 Å². The first-order valence-corrected chi connectivity index (χ1v) is 6.06. The summed E-state index contributed by atoms with van der Waals surface area (Å²) < 4.78 is 0. The highest BCUT2D eigenvalue weighted by atomic mass is 15.2. The summed E-state index contributed by atoms with van der Waals surface area (Å²) in [5.74, 6) is 0.871. The van der Waals surface area contributed by atoms with E-state index in [1.807, 2.05) is 6.07 Å². The lowest BCUT2D eigenvalue weighted by Gasteiger charge is -2.16. The number of nitrogens with zero attached hydrogens (tertiary/aromatic N) is 2. The molecular formula is C12H19N5. The lowest BCUT2D eigenvalue weighted by molar-refractivity contribution is 0.633. The first kappa shape index (κ1) is 11.7. The Kier molecular flexibility index (Phi) is 4.18. The van der Waals surface area contributed by atoms with E-state index in [0.29, 0.717) is 12.6 Å². The molecule has 0 saturated carbocycles. The molecule has 0 unspecified atom stereocenters. The van der Waals surface area contributed by atoms with Crippen molar-refractivity contribution in [3.05, 3.63) is 30.1 Å². The second kappa shape index (κ2) is 6.08. The molecule has 0 fully saturated rings. The number of rotatable bonds is 4. The zero-order chi connectivity index (χ0) is 11.9. The van der Waals surface area contributed by atoms with Crippen LogP contribution in [0, 0.1) is 0 Å². The number of hydrogen-bond donors (Lipinski definition) is 3. The summed E-state index contributed by atoms with van der Waals surface area (Å²) in [5.41, 5.74) is 1.02. The highest BCUT2D eigenvalue weighted by Gasteiger charge is 2.11. The number of aliphatic imine (C=N–C) groups is 1. The van der Waals surface area contributed by atoms with Gasteiger partial charge in [-0.25, -0.2) is 4.99 Å². The zero-order valence-corrected chi connectivity index (χ0v) is 10.1. The van der Waals surface area contributed by atoms with E-state index in [2.05, 4.69) is 44.9 Å². The van der Waals surface area contributed by atoms with E-state index in [1.54, 1.807) is 6.20 Å². The predicted octanol–water partition coefficient (Wildman–Crippen LogP) is 1.18. The van der Waals surface area contributed by atoms with Gasteiger partial charge in [-0.05, 0) is 25.8 Å². The molecule has 5 nitrogen and oxygen atoms in total. The van der Waals surface area contributed by atoms with E-state index in [4.69, 9.17) is 0 Å². The molecule has 0 amide bonds. The SMILES string of the molecule is CCNC(=NCc1ccn[nH]1)NC1CC=CC1. The van der Waals surface area contributed by atoms with E-state index in [0.717, 1.165) is 31.0 Å². The molecule has 1 heterocycles. The van der Waals surface area contributed by atoms with Gasteiger partial charge in [0.15, 0.2) is 5.96 Å². The Morgan fingerprint density at radius 2 is 2.35 bits per heavy atom. The van der Waals surface area contributed by atoms with E-state index in [-0.39, 0.29) is 0 Å². The van der Waals surface area contributed by atoms with Gasteiger partial charge in [-0.3, -0.25) is 5.10 Å². The minimum absolute atomic E-state index is 0.481. The van der Waals surface area contributed by atoms with Crippen LogP contribution in [-0.2, 0) is 6.54 Å². The molecule has 5 heteroatoms. The molecule has 17 heavy (non-hydrogen) atoms. The summed E-state index contributed by atoms with van der Waals surface area (Å²) in [5, 5.41) is 13.5. The molecule has 0 spiro atoms. The van der Waals surface area contributed by atoms with Gasteiger partial charge in [-0.1, -0.05) is 12.2 Å². The molecule has 0 atom stereocenters. The minimum Gasteiger partial charge on any atom is -0.357 e. The highest BCUT2D eigenvalue weighted by molar-refractivity contribution is 5.80. The Hall–Kier alpha value is -1.78. The van der Waals surface area contributed by atoms with Crippen LogP contribution >= 0.6 is 0 Å². The molecule has 3 N–H and O–H groups in total. The fraction of sp³-hybridized carbons (Fsp3) is 0.500. The van der Waals surface area contributed by atoms with E-state index >= 15 is 0 Å². The van der Waals surface area contributed by atoms with Gasteiger partial charge >= 0.3 is 0 Å². The summed E-state index contributed by atoms with van der Waals surface area (Å²) in [6.45, 7) is 3.56. The topological polar surface area (TPSA) is 65.1 Å². The number of hydrogen-bond acceptors (Lipinski definition) is 2. The Labute approximate surface area is 101 Å². The summed E-state index contributed by atoms with van der Waals surface area (Å²) >= 11 is 0. The van der Waals surface area contributed by atoms with Gasteiger partial charge in [0, 0.05) is 18.8 Å². The normalized spacial score (nSPS) is 16.4. The first-order valence-electron chi connectivity index (χ1n) is 6.06. The van der Waals surface area contributed by atoms with Crippen LogP contribution in [-0.4, -0.2) is 28.7 Å². The molecule has 92 valence electrons. The van der Waals surface area contributed by atoms with Crippen molar-refractivity contribution in [1.82, 2.24) is 20.8 Å². The standard InChI is InChI=1S/C12H19N5/c1-2-13-12(16-10-5-3-4-6-10)14-9-11-7-8-15-17-11/h3-4,7-8,10H,2,5-6,9H2,1H3,(H,15,17)(H2,13,14,16). The molecule has 0 aromatic carbocycles. The summed E-state index contributed by atoms with van der Waals surface area (Å²) in [4.78, 5) is 4.51. The van der Waals surface area contributed by atoms with Gasteiger partial charge in [0.05, 0.1) is 12.2 Å². The number of aromatic nitrogens is 2. The zero-order valence-electron chi connectivity index (χ0n) is 10.1. The molecule has 2 rings (SSSR count). The van der Waals surface area contributed by atoms with Crippen molar-refractivity contribution in [2.75, 3.05) is 6.54 Å². The summed E-state index contributed by atoms with van der Waals surface area (Å²) in [6.07, 6.45) is 8.31. The number of guanidine groups is 1. The second-order valence-corrected chi connectivity index (χ2v) is 4.06. The maximum atomic E-state index is 4.51. The Balaban J connectivity index is 1.88. The van der Waals surface area contributed by atoms with Crippen LogP contribution in [0.3, 0.4) is 0 Å². The monoisotopic (exact) mass is 233 g/mol. The molecule has 1 aliphatic carbocycles.